The normalized spacial score (nSPS) is 12.9. The van der Waals surface area contributed by atoms with Gasteiger partial charge in [0.05, 0.1) is 0 Å². The molecular formula is C12H24N4. The number of nitrogens with two attached hydrogens (primary N) is 1. The molecule has 0 bridgehead atoms. The number of nitrogens with zero attached hydrogens (tertiary/aromatic N) is 3. The Bertz CT molecular complexity index is 282. The van der Waals surface area contributed by atoms with E-state index in [1.54, 1.807) is 6.33 Å². The van der Waals surface area contributed by atoms with E-state index >= 15 is 0 Å². The molecule has 0 aliphatic heterocycles. The van der Waals surface area contributed by atoms with E-state index in [9.17, 15) is 0 Å². The fraction of sp³-hybridized carbons (Fsp3) is 0.833. The molecule has 1 aromatic heterocycles. The highest BCUT2D eigenvalue weighted by atomic mass is 15.3. The van der Waals surface area contributed by atoms with Gasteiger partial charge in [0, 0.05) is 19.0 Å². The summed E-state index contributed by atoms with van der Waals surface area (Å²) in [5, 5.41) is 4.15. The second kappa shape index (κ2) is 7.39. The largest absolute Gasteiger partial charge is 0.327 e. The van der Waals surface area contributed by atoms with E-state index in [1.807, 2.05) is 4.68 Å². The summed E-state index contributed by atoms with van der Waals surface area (Å²) in [4.78, 5) is 4.24. The highest BCUT2D eigenvalue weighted by Crippen LogP contribution is 2.07. The number of hydrogen-bond acceptors (Lipinski definition) is 3. The maximum Gasteiger partial charge on any atom is 0.138 e. The van der Waals surface area contributed by atoms with Gasteiger partial charge in [0.25, 0.3) is 0 Å². The van der Waals surface area contributed by atoms with Crippen LogP contribution in [0.3, 0.4) is 0 Å². The molecule has 16 heavy (non-hydrogen) atoms. The predicted molar refractivity (Wildman–Crippen MR) is 66.1 cm³/mol. The van der Waals surface area contributed by atoms with Crippen LogP contribution in [0.15, 0.2) is 6.33 Å². The van der Waals surface area contributed by atoms with Crippen LogP contribution >= 0.6 is 0 Å². The average molecular weight is 224 g/mol. The van der Waals surface area contributed by atoms with Crippen molar-refractivity contribution in [1.82, 2.24) is 14.8 Å². The summed E-state index contributed by atoms with van der Waals surface area (Å²) < 4.78 is 1.92. The number of aryl methyl sites for hydroxylation is 1. The van der Waals surface area contributed by atoms with Crippen molar-refractivity contribution in [2.24, 2.45) is 5.73 Å². The van der Waals surface area contributed by atoms with Crippen molar-refractivity contribution in [2.75, 3.05) is 0 Å². The minimum atomic E-state index is 0.228. The molecule has 1 heterocycles. The van der Waals surface area contributed by atoms with Crippen LogP contribution in [0.5, 0.6) is 0 Å². The summed E-state index contributed by atoms with van der Waals surface area (Å²) in [6, 6.07) is 0.228. The van der Waals surface area contributed by atoms with Crippen molar-refractivity contribution >= 4 is 0 Å². The van der Waals surface area contributed by atoms with Crippen LogP contribution in [0, 0.1) is 0 Å². The fourth-order valence-corrected chi connectivity index (χ4v) is 1.88. The SMILES string of the molecule is CCCCCCC(N)Cc1ncnn1CC. The van der Waals surface area contributed by atoms with Crippen molar-refractivity contribution in [3.63, 3.8) is 0 Å². The van der Waals surface area contributed by atoms with Crippen LogP contribution in [0.2, 0.25) is 0 Å². The molecule has 4 nitrogen and oxygen atoms in total. The van der Waals surface area contributed by atoms with Gasteiger partial charge in [-0.25, -0.2) is 4.98 Å². The van der Waals surface area contributed by atoms with Gasteiger partial charge in [0.15, 0.2) is 0 Å². The predicted octanol–water partition coefficient (Wildman–Crippen LogP) is 2.14. The molecule has 0 radical (unpaired) electrons. The molecule has 0 saturated heterocycles. The zero-order valence-electron chi connectivity index (χ0n) is 10.5. The molecule has 92 valence electrons. The second-order valence-electron chi connectivity index (χ2n) is 4.31. The molecule has 0 amide bonds. The minimum Gasteiger partial charge on any atom is -0.327 e. The molecule has 0 aliphatic rings. The van der Waals surface area contributed by atoms with E-state index in [0.717, 1.165) is 25.2 Å². The number of rotatable bonds is 8. The summed E-state index contributed by atoms with van der Waals surface area (Å²) in [5.41, 5.74) is 6.09. The molecule has 4 heteroatoms. The first-order chi connectivity index (χ1) is 7.77. The first-order valence-corrected chi connectivity index (χ1v) is 6.40. The van der Waals surface area contributed by atoms with E-state index in [1.165, 1.54) is 25.7 Å². The van der Waals surface area contributed by atoms with Crippen LogP contribution < -0.4 is 5.73 Å². The zero-order chi connectivity index (χ0) is 11.8. The van der Waals surface area contributed by atoms with E-state index in [-0.39, 0.29) is 6.04 Å². The number of hydrogen-bond donors (Lipinski definition) is 1. The van der Waals surface area contributed by atoms with Gasteiger partial charge < -0.3 is 5.73 Å². The second-order valence-corrected chi connectivity index (χ2v) is 4.31. The Labute approximate surface area is 98.2 Å². The van der Waals surface area contributed by atoms with Gasteiger partial charge in [-0.1, -0.05) is 32.6 Å². The Morgan fingerprint density at radius 3 is 2.81 bits per heavy atom. The lowest BCUT2D eigenvalue weighted by Crippen LogP contribution is -2.24. The summed E-state index contributed by atoms with van der Waals surface area (Å²) >= 11 is 0. The highest BCUT2D eigenvalue weighted by Gasteiger charge is 2.08. The van der Waals surface area contributed by atoms with E-state index in [4.69, 9.17) is 5.73 Å². The van der Waals surface area contributed by atoms with Crippen LogP contribution in [-0.4, -0.2) is 20.8 Å². The number of unbranched alkanes of at least 4 members (excludes halogenated alkanes) is 3. The molecular weight excluding hydrogens is 200 g/mol. The maximum absolute atomic E-state index is 6.09. The van der Waals surface area contributed by atoms with Crippen molar-refractivity contribution in [3.8, 4) is 0 Å². The molecule has 0 aromatic carbocycles. The van der Waals surface area contributed by atoms with Crippen molar-refractivity contribution in [2.45, 2.75) is 65.0 Å². The molecule has 0 aliphatic carbocycles. The lowest BCUT2D eigenvalue weighted by molar-refractivity contribution is 0.516. The maximum atomic E-state index is 6.09. The zero-order valence-corrected chi connectivity index (χ0v) is 10.5. The average Bonchev–Trinajstić information content (AvgIpc) is 2.71. The van der Waals surface area contributed by atoms with E-state index < -0.39 is 0 Å². The van der Waals surface area contributed by atoms with Crippen LogP contribution in [0.4, 0.5) is 0 Å². The van der Waals surface area contributed by atoms with Gasteiger partial charge in [0.1, 0.15) is 12.2 Å². The van der Waals surface area contributed by atoms with Gasteiger partial charge in [-0.15, -0.1) is 0 Å². The summed E-state index contributed by atoms with van der Waals surface area (Å²) in [5.74, 6) is 1.02. The summed E-state index contributed by atoms with van der Waals surface area (Å²) in [7, 11) is 0. The topological polar surface area (TPSA) is 56.7 Å². The van der Waals surface area contributed by atoms with Gasteiger partial charge in [-0.05, 0) is 13.3 Å². The van der Waals surface area contributed by atoms with Gasteiger partial charge in [0.2, 0.25) is 0 Å². The fourth-order valence-electron chi connectivity index (χ4n) is 1.88. The first kappa shape index (κ1) is 13.2. The monoisotopic (exact) mass is 224 g/mol. The molecule has 0 spiro atoms. The third-order valence-electron chi connectivity index (χ3n) is 2.87. The smallest absolute Gasteiger partial charge is 0.138 e. The van der Waals surface area contributed by atoms with Gasteiger partial charge in [-0.2, -0.15) is 5.10 Å². The quantitative estimate of drug-likeness (QED) is 0.688. The summed E-state index contributed by atoms with van der Waals surface area (Å²) in [6.45, 7) is 5.17. The first-order valence-electron chi connectivity index (χ1n) is 6.40. The van der Waals surface area contributed by atoms with E-state index in [0.29, 0.717) is 0 Å². The molecule has 2 N–H and O–H groups in total. The standard InChI is InChI=1S/C12H24N4/c1-3-5-6-7-8-11(13)9-12-14-10-15-16(12)4-2/h10-11H,3-9,13H2,1-2H3. The highest BCUT2D eigenvalue weighted by molar-refractivity contribution is 4.88. The molecule has 1 aromatic rings. The van der Waals surface area contributed by atoms with Crippen LogP contribution in [-0.2, 0) is 13.0 Å². The number of aromatic nitrogens is 3. The van der Waals surface area contributed by atoms with E-state index in [2.05, 4.69) is 23.9 Å². The molecule has 0 fully saturated rings. The molecule has 0 saturated carbocycles. The molecule has 1 rings (SSSR count). The molecule has 1 atom stereocenters. The van der Waals surface area contributed by atoms with Crippen molar-refractivity contribution < 1.29 is 0 Å². The summed E-state index contributed by atoms with van der Waals surface area (Å²) in [6.07, 6.45) is 8.68. The van der Waals surface area contributed by atoms with Crippen molar-refractivity contribution in [3.05, 3.63) is 12.2 Å². The van der Waals surface area contributed by atoms with Crippen LogP contribution in [0.1, 0.15) is 51.8 Å². The van der Waals surface area contributed by atoms with Gasteiger partial charge >= 0.3 is 0 Å². The Morgan fingerprint density at radius 2 is 2.12 bits per heavy atom. The lowest BCUT2D eigenvalue weighted by atomic mass is 10.1. The molecule has 1 unspecified atom stereocenters. The third-order valence-corrected chi connectivity index (χ3v) is 2.87. The lowest BCUT2D eigenvalue weighted by Gasteiger charge is -2.11. The van der Waals surface area contributed by atoms with Gasteiger partial charge in [-0.3, -0.25) is 4.68 Å². The Morgan fingerprint density at radius 1 is 1.31 bits per heavy atom. The van der Waals surface area contributed by atoms with Crippen LogP contribution in [0.25, 0.3) is 0 Å². The Balaban J connectivity index is 2.25. The van der Waals surface area contributed by atoms with Crippen molar-refractivity contribution in [1.29, 1.82) is 0 Å². The Kier molecular flexibility index (Phi) is 6.08. The Hall–Kier alpha value is -0.900. The minimum absolute atomic E-state index is 0.228. The third kappa shape index (κ3) is 4.31.